The van der Waals surface area contributed by atoms with Crippen molar-refractivity contribution in [1.29, 1.82) is 0 Å². The molecule has 1 spiro atoms. The van der Waals surface area contributed by atoms with Crippen molar-refractivity contribution in [2.45, 2.75) is 5.41 Å². The van der Waals surface area contributed by atoms with Gasteiger partial charge in [0.25, 0.3) is 0 Å². The van der Waals surface area contributed by atoms with Crippen LogP contribution in [0.2, 0.25) is 0 Å². The monoisotopic (exact) mass is 742 g/mol. The van der Waals surface area contributed by atoms with E-state index >= 15 is 0 Å². The van der Waals surface area contributed by atoms with Gasteiger partial charge in [0.05, 0.1) is 16.4 Å². The van der Waals surface area contributed by atoms with E-state index in [0.29, 0.717) is 17.6 Å². The quantitative estimate of drug-likeness (QED) is 0.181. The van der Waals surface area contributed by atoms with Crippen LogP contribution in [-0.2, 0) is 5.41 Å². The number of benzene rings is 8. The summed E-state index contributed by atoms with van der Waals surface area (Å²) in [7, 11) is 0. The van der Waals surface area contributed by atoms with Gasteiger partial charge in [0, 0.05) is 42.1 Å². The fraction of sp³-hybridized carbons (Fsp3) is 0.0192. The smallest absolute Gasteiger partial charge is 0.238 e. The van der Waals surface area contributed by atoms with Crippen LogP contribution in [-0.4, -0.2) is 19.5 Å². The molecule has 3 aromatic heterocycles. The number of thiophene rings is 1. The lowest BCUT2D eigenvalue weighted by molar-refractivity contribution is 0.801. The van der Waals surface area contributed by atoms with Crippen LogP contribution in [0, 0.1) is 0 Å². The highest BCUT2D eigenvalue weighted by Gasteiger charge is 2.52. The molecule has 0 saturated heterocycles. The first-order valence-electron chi connectivity index (χ1n) is 19.4. The Labute approximate surface area is 332 Å². The van der Waals surface area contributed by atoms with Gasteiger partial charge in [-0.1, -0.05) is 158 Å². The fourth-order valence-electron chi connectivity index (χ4n) is 10.1. The molecule has 13 rings (SSSR count). The third-order valence-corrected chi connectivity index (χ3v) is 13.4. The molecule has 0 bridgehead atoms. The Morgan fingerprint density at radius 3 is 1.72 bits per heavy atom. The summed E-state index contributed by atoms with van der Waals surface area (Å²) < 4.78 is 4.74. The molecule has 264 valence electrons. The molecule has 0 fully saturated rings. The molecule has 0 atom stereocenters. The van der Waals surface area contributed by atoms with Gasteiger partial charge in [-0.15, -0.1) is 11.3 Å². The van der Waals surface area contributed by atoms with Crippen molar-refractivity contribution < 1.29 is 0 Å². The van der Waals surface area contributed by atoms with Crippen molar-refractivity contribution in [3.05, 3.63) is 204 Å². The summed E-state index contributed by atoms with van der Waals surface area (Å²) >= 11 is 1.81. The second kappa shape index (κ2) is 11.4. The van der Waals surface area contributed by atoms with Crippen LogP contribution in [0.4, 0.5) is 0 Å². The van der Waals surface area contributed by atoms with E-state index < -0.39 is 5.41 Å². The Hall–Kier alpha value is -7.21. The molecule has 2 aliphatic carbocycles. The zero-order valence-electron chi connectivity index (χ0n) is 30.5. The number of hydrogen-bond donors (Lipinski definition) is 0. The van der Waals surface area contributed by atoms with E-state index in [9.17, 15) is 0 Å². The lowest BCUT2D eigenvalue weighted by Gasteiger charge is -2.31. The summed E-state index contributed by atoms with van der Waals surface area (Å²) in [5, 5.41) is 4.78. The van der Waals surface area contributed by atoms with Crippen molar-refractivity contribution in [2.75, 3.05) is 0 Å². The molecule has 57 heavy (non-hydrogen) atoms. The van der Waals surface area contributed by atoms with E-state index in [-0.39, 0.29) is 0 Å². The van der Waals surface area contributed by atoms with E-state index in [2.05, 4.69) is 168 Å². The largest absolute Gasteiger partial charge is 0.278 e. The molecule has 0 radical (unpaired) electrons. The van der Waals surface area contributed by atoms with Gasteiger partial charge in [-0.25, -0.2) is 4.98 Å². The van der Waals surface area contributed by atoms with Crippen LogP contribution >= 0.6 is 11.3 Å². The SMILES string of the molecule is c1ccc(-c2nc(-c3cccc4sc5ccccc5c34)nc(-n3c4ccccc4c4c5c(ccc43)-c3ccccc3C53c4ccccc4-c4ccccc43)n2)cc1. The summed E-state index contributed by atoms with van der Waals surface area (Å²) in [6, 6.07) is 65.8. The van der Waals surface area contributed by atoms with E-state index in [1.54, 1.807) is 11.3 Å². The first-order valence-corrected chi connectivity index (χ1v) is 20.2. The molecule has 11 aromatic rings. The van der Waals surface area contributed by atoms with Crippen LogP contribution in [0.1, 0.15) is 22.3 Å². The molecule has 2 aliphatic rings. The molecular formula is C52H30N4S. The van der Waals surface area contributed by atoms with Crippen LogP contribution < -0.4 is 0 Å². The molecule has 3 heterocycles. The Morgan fingerprint density at radius 2 is 0.965 bits per heavy atom. The topological polar surface area (TPSA) is 43.6 Å². The van der Waals surface area contributed by atoms with Crippen LogP contribution in [0.15, 0.2) is 182 Å². The molecule has 8 aromatic carbocycles. The Bertz CT molecular complexity index is 3420. The predicted molar refractivity (Wildman–Crippen MR) is 234 cm³/mol. The van der Waals surface area contributed by atoms with Gasteiger partial charge in [0.15, 0.2) is 11.6 Å². The summed E-state index contributed by atoms with van der Waals surface area (Å²) in [4.78, 5) is 16.0. The summed E-state index contributed by atoms with van der Waals surface area (Å²) in [6.45, 7) is 0. The van der Waals surface area contributed by atoms with Crippen LogP contribution in [0.5, 0.6) is 0 Å². The van der Waals surface area contributed by atoms with Crippen molar-refractivity contribution in [2.24, 2.45) is 0 Å². The molecular weight excluding hydrogens is 713 g/mol. The van der Waals surface area contributed by atoms with Crippen molar-refractivity contribution in [3.8, 4) is 51.0 Å². The summed E-state index contributed by atoms with van der Waals surface area (Å²) in [6.07, 6.45) is 0. The number of hydrogen-bond acceptors (Lipinski definition) is 4. The van der Waals surface area contributed by atoms with E-state index in [0.717, 1.165) is 22.2 Å². The van der Waals surface area contributed by atoms with E-state index in [1.165, 1.54) is 75.5 Å². The second-order valence-corrected chi connectivity index (χ2v) is 16.1. The Morgan fingerprint density at radius 1 is 0.386 bits per heavy atom. The van der Waals surface area contributed by atoms with Gasteiger partial charge < -0.3 is 0 Å². The van der Waals surface area contributed by atoms with Gasteiger partial charge in [0.1, 0.15) is 0 Å². The van der Waals surface area contributed by atoms with Crippen molar-refractivity contribution in [3.63, 3.8) is 0 Å². The van der Waals surface area contributed by atoms with E-state index in [4.69, 9.17) is 15.0 Å². The van der Waals surface area contributed by atoms with Gasteiger partial charge in [-0.05, 0) is 68.8 Å². The number of nitrogens with zero attached hydrogens (tertiary/aromatic N) is 4. The first-order chi connectivity index (χ1) is 28.3. The fourth-order valence-corrected chi connectivity index (χ4v) is 11.3. The molecule has 0 N–H and O–H groups in total. The number of para-hydroxylation sites is 1. The molecule has 0 amide bonds. The van der Waals surface area contributed by atoms with Gasteiger partial charge >= 0.3 is 0 Å². The summed E-state index contributed by atoms with van der Waals surface area (Å²) in [5.74, 6) is 1.89. The molecule has 5 heteroatoms. The minimum Gasteiger partial charge on any atom is -0.278 e. The highest BCUT2D eigenvalue weighted by molar-refractivity contribution is 7.25. The molecule has 0 saturated carbocycles. The highest BCUT2D eigenvalue weighted by atomic mass is 32.1. The maximum Gasteiger partial charge on any atom is 0.238 e. The van der Waals surface area contributed by atoms with Crippen molar-refractivity contribution in [1.82, 2.24) is 19.5 Å². The Kier molecular flexibility index (Phi) is 6.22. The minimum atomic E-state index is -0.497. The number of rotatable bonds is 3. The third kappa shape index (κ3) is 4.03. The molecule has 4 nitrogen and oxygen atoms in total. The predicted octanol–water partition coefficient (Wildman–Crippen LogP) is 13.0. The lowest BCUT2D eigenvalue weighted by Crippen LogP contribution is -2.26. The van der Waals surface area contributed by atoms with Gasteiger partial charge in [0.2, 0.25) is 5.95 Å². The van der Waals surface area contributed by atoms with Gasteiger partial charge in [-0.3, -0.25) is 4.57 Å². The van der Waals surface area contributed by atoms with Gasteiger partial charge in [-0.2, -0.15) is 9.97 Å². The van der Waals surface area contributed by atoms with E-state index in [1.807, 2.05) is 18.2 Å². The lowest BCUT2D eigenvalue weighted by atomic mass is 9.69. The highest BCUT2D eigenvalue weighted by Crippen LogP contribution is 2.64. The standard InChI is InChI=1S/C52H30N4S/c1-2-15-31(16-3-1)49-53-50(38-22-14-28-45-46(38)37-21-8-13-27-44(37)57-45)55-51(54-49)56-42-26-12-7-20-36(42)47-43(56)30-29-35-34-19-6-11-25-41(34)52(48(35)47)39-23-9-4-17-32(39)33-18-5-10-24-40(33)52/h1-30H. The average molecular weight is 743 g/mol. The average Bonchev–Trinajstić information content (AvgIpc) is 4.00. The third-order valence-electron chi connectivity index (χ3n) is 12.3. The number of aromatic nitrogens is 4. The first kappa shape index (κ1) is 31.0. The summed E-state index contributed by atoms with van der Waals surface area (Å²) in [5.41, 5.74) is 14.0. The minimum absolute atomic E-state index is 0.497. The number of fused-ring (bicyclic) bond motifs is 17. The van der Waals surface area contributed by atoms with Crippen LogP contribution in [0.3, 0.4) is 0 Å². The zero-order chi connectivity index (χ0) is 37.2. The Balaban J connectivity index is 1.16. The molecule has 0 unspecified atom stereocenters. The maximum absolute atomic E-state index is 5.45. The second-order valence-electron chi connectivity index (χ2n) is 15.0. The molecule has 0 aliphatic heterocycles. The normalized spacial score (nSPS) is 13.4. The van der Waals surface area contributed by atoms with Crippen LogP contribution in [0.25, 0.3) is 93.0 Å². The maximum atomic E-state index is 5.45. The zero-order valence-corrected chi connectivity index (χ0v) is 31.3. The van der Waals surface area contributed by atoms with Crippen molar-refractivity contribution >= 4 is 53.3 Å².